The van der Waals surface area contributed by atoms with E-state index in [2.05, 4.69) is 24.1 Å². The largest absolute Gasteiger partial charge is 0.445 e. The van der Waals surface area contributed by atoms with Gasteiger partial charge >= 0.3 is 0 Å². The summed E-state index contributed by atoms with van der Waals surface area (Å²) in [7, 11) is 0. The summed E-state index contributed by atoms with van der Waals surface area (Å²) in [5.41, 5.74) is 1.14. The van der Waals surface area contributed by atoms with E-state index in [-0.39, 0.29) is 0 Å². The summed E-state index contributed by atoms with van der Waals surface area (Å²) < 4.78 is 5.77. The summed E-state index contributed by atoms with van der Waals surface area (Å²) in [6.45, 7) is 5.40. The quantitative estimate of drug-likeness (QED) is 0.823. The van der Waals surface area contributed by atoms with Crippen molar-refractivity contribution in [3.8, 4) is 0 Å². The van der Waals surface area contributed by atoms with Gasteiger partial charge in [-0.3, -0.25) is 0 Å². The Labute approximate surface area is 91.3 Å². The maximum Gasteiger partial charge on any atom is 0.196 e. The monoisotopic (exact) mass is 208 g/mol. The third-order valence-electron chi connectivity index (χ3n) is 3.06. The van der Waals surface area contributed by atoms with Crippen molar-refractivity contribution in [1.82, 2.24) is 10.3 Å². The Bertz CT molecular complexity index is 292. The number of aryl methyl sites for hydroxylation is 2. The molecule has 15 heavy (non-hydrogen) atoms. The molecule has 84 valence electrons. The van der Waals surface area contributed by atoms with Crippen LogP contribution in [0.15, 0.2) is 4.42 Å². The van der Waals surface area contributed by atoms with Crippen molar-refractivity contribution in [1.29, 1.82) is 0 Å². The molecule has 0 bridgehead atoms. The molecular weight excluding hydrogens is 188 g/mol. The Morgan fingerprint density at radius 2 is 2.27 bits per heavy atom. The summed E-state index contributed by atoms with van der Waals surface area (Å²) in [6, 6.07) is 0.582. The lowest BCUT2D eigenvalue weighted by molar-refractivity contribution is 0.430. The van der Waals surface area contributed by atoms with Crippen LogP contribution in [-0.4, -0.2) is 17.6 Å². The molecule has 0 saturated carbocycles. The van der Waals surface area contributed by atoms with Gasteiger partial charge in [-0.1, -0.05) is 13.8 Å². The Hall–Kier alpha value is -0.830. The molecule has 1 aliphatic heterocycles. The zero-order valence-corrected chi connectivity index (χ0v) is 9.68. The Morgan fingerprint density at radius 3 is 2.80 bits per heavy atom. The molecule has 1 saturated heterocycles. The smallest absolute Gasteiger partial charge is 0.196 e. The maximum atomic E-state index is 5.77. The lowest BCUT2D eigenvalue weighted by Gasteiger charge is -2.05. The Morgan fingerprint density at radius 1 is 1.40 bits per heavy atom. The lowest BCUT2D eigenvalue weighted by atomic mass is 10.1. The first-order valence-corrected chi connectivity index (χ1v) is 6.04. The number of hydrogen-bond acceptors (Lipinski definition) is 3. The van der Waals surface area contributed by atoms with Crippen LogP contribution in [0.25, 0.3) is 0 Å². The molecule has 1 N–H and O–H groups in total. The third-order valence-corrected chi connectivity index (χ3v) is 3.06. The number of nitrogens with zero attached hydrogens (tertiary/aromatic N) is 1. The molecule has 0 spiro atoms. The van der Waals surface area contributed by atoms with Crippen molar-refractivity contribution in [3.63, 3.8) is 0 Å². The number of rotatable bonds is 4. The Balaban J connectivity index is 2.04. The molecule has 2 rings (SSSR count). The second-order valence-corrected chi connectivity index (χ2v) is 4.18. The van der Waals surface area contributed by atoms with Gasteiger partial charge in [0.15, 0.2) is 5.89 Å². The number of oxazole rings is 1. The van der Waals surface area contributed by atoms with Crippen LogP contribution in [0.1, 0.15) is 44.0 Å². The zero-order valence-electron chi connectivity index (χ0n) is 9.68. The van der Waals surface area contributed by atoms with E-state index in [1.54, 1.807) is 0 Å². The fraction of sp³-hybridized carbons (Fsp3) is 0.750. The molecule has 0 radical (unpaired) electrons. The van der Waals surface area contributed by atoms with Crippen LogP contribution in [-0.2, 0) is 19.3 Å². The molecule has 2 heterocycles. The lowest BCUT2D eigenvalue weighted by Crippen LogP contribution is -2.23. The summed E-state index contributed by atoms with van der Waals surface area (Å²) in [5.74, 6) is 1.99. The first kappa shape index (κ1) is 10.7. The van der Waals surface area contributed by atoms with Crippen molar-refractivity contribution < 1.29 is 4.42 Å². The van der Waals surface area contributed by atoms with Crippen LogP contribution in [0, 0.1) is 0 Å². The van der Waals surface area contributed by atoms with E-state index >= 15 is 0 Å². The standard InChI is InChI=1S/C12H20N2O/c1-3-10-11(4-2)15-12(14-10)8-9-6-5-7-13-9/h9,13H,3-8H2,1-2H3. The Kier molecular flexibility index (Phi) is 3.41. The van der Waals surface area contributed by atoms with Gasteiger partial charge in [-0.15, -0.1) is 0 Å². The number of nitrogens with one attached hydrogen (secondary N) is 1. The topological polar surface area (TPSA) is 38.1 Å². The first-order chi connectivity index (χ1) is 7.33. The van der Waals surface area contributed by atoms with Gasteiger partial charge in [0.25, 0.3) is 0 Å². The van der Waals surface area contributed by atoms with E-state index in [1.165, 1.54) is 12.8 Å². The van der Waals surface area contributed by atoms with E-state index in [1.807, 2.05) is 0 Å². The van der Waals surface area contributed by atoms with E-state index in [4.69, 9.17) is 4.42 Å². The molecule has 1 atom stereocenters. The van der Waals surface area contributed by atoms with Gasteiger partial charge in [-0.05, 0) is 25.8 Å². The highest BCUT2D eigenvalue weighted by atomic mass is 16.4. The molecule has 1 fully saturated rings. The molecule has 1 unspecified atom stereocenters. The van der Waals surface area contributed by atoms with Crippen LogP contribution >= 0.6 is 0 Å². The van der Waals surface area contributed by atoms with Gasteiger partial charge in [-0.25, -0.2) is 4.98 Å². The summed E-state index contributed by atoms with van der Waals surface area (Å²) in [6.07, 6.45) is 5.42. The summed E-state index contributed by atoms with van der Waals surface area (Å²) >= 11 is 0. The van der Waals surface area contributed by atoms with Crippen LogP contribution in [0.3, 0.4) is 0 Å². The molecule has 1 aliphatic rings. The van der Waals surface area contributed by atoms with Crippen molar-refractivity contribution in [2.75, 3.05) is 6.54 Å². The van der Waals surface area contributed by atoms with E-state index in [9.17, 15) is 0 Å². The van der Waals surface area contributed by atoms with E-state index < -0.39 is 0 Å². The molecular formula is C12H20N2O. The average molecular weight is 208 g/mol. The van der Waals surface area contributed by atoms with Crippen LogP contribution in [0.5, 0.6) is 0 Å². The van der Waals surface area contributed by atoms with Crippen molar-refractivity contribution in [3.05, 3.63) is 17.3 Å². The van der Waals surface area contributed by atoms with Gasteiger partial charge in [0.1, 0.15) is 5.76 Å². The van der Waals surface area contributed by atoms with E-state index in [0.717, 1.165) is 43.2 Å². The average Bonchev–Trinajstić information content (AvgIpc) is 2.87. The minimum atomic E-state index is 0.582. The molecule has 1 aromatic heterocycles. The van der Waals surface area contributed by atoms with Gasteiger partial charge in [0.2, 0.25) is 0 Å². The SMILES string of the molecule is CCc1nc(CC2CCCN2)oc1CC. The van der Waals surface area contributed by atoms with Crippen LogP contribution < -0.4 is 5.32 Å². The molecule has 0 aromatic carbocycles. The highest BCUT2D eigenvalue weighted by Crippen LogP contribution is 2.16. The van der Waals surface area contributed by atoms with Gasteiger partial charge in [0.05, 0.1) is 5.69 Å². The second-order valence-electron chi connectivity index (χ2n) is 4.18. The molecule has 3 nitrogen and oxygen atoms in total. The van der Waals surface area contributed by atoms with E-state index in [0.29, 0.717) is 6.04 Å². The minimum absolute atomic E-state index is 0.582. The molecule has 3 heteroatoms. The third kappa shape index (κ3) is 2.40. The normalized spacial score (nSPS) is 21.1. The predicted molar refractivity (Wildman–Crippen MR) is 60.0 cm³/mol. The maximum absolute atomic E-state index is 5.77. The fourth-order valence-corrected chi connectivity index (χ4v) is 2.22. The molecule has 0 amide bonds. The number of aromatic nitrogens is 1. The van der Waals surface area contributed by atoms with Gasteiger partial charge in [0, 0.05) is 18.9 Å². The van der Waals surface area contributed by atoms with Crippen LogP contribution in [0.2, 0.25) is 0 Å². The highest BCUT2D eigenvalue weighted by molar-refractivity contribution is 5.10. The molecule has 1 aromatic rings. The van der Waals surface area contributed by atoms with Gasteiger partial charge in [-0.2, -0.15) is 0 Å². The van der Waals surface area contributed by atoms with Crippen LogP contribution in [0.4, 0.5) is 0 Å². The van der Waals surface area contributed by atoms with Crippen molar-refractivity contribution >= 4 is 0 Å². The summed E-state index contributed by atoms with van der Waals surface area (Å²) in [5, 5.41) is 3.47. The zero-order chi connectivity index (χ0) is 10.7. The fourth-order valence-electron chi connectivity index (χ4n) is 2.22. The highest BCUT2D eigenvalue weighted by Gasteiger charge is 2.18. The predicted octanol–water partition coefficient (Wildman–Crippen LogP) is 2.09. The van der Waals surface area contributed by atoms with Crippen molar-refractivity contribution in [2.45, 2.75) is 52.0 Å². The molecule has 0 aliphatic carbocycles. The summed E-state index contributed by atoms with van der Waals surface area (Å²) in [4.78, 5) is 4.56. The number of hydrogen-bond donors (Lipinski definition) is 1. The van der Waals surface area contributed by atoms with Crippen molar-refractivity contribution in [2.24, 2.45) is 0 Å². The second kappa shape index (κ2) is 4.79. The first-order valence-electron chi connectivity index (χ1n) is 6.04. The minimum Gasteiger partial charge on any atom is -0.445 e. The van der Waals surface area contributed by atoms with Gasteiger partial charge < -0.3 is 9.73 Å².